The van der Waals surface area contributed by atoms with Gasteiger partial charge in [-0.15, -0.1) is 0 Å². The van der Waals surface area contributed by atoms with E-state index in [9.17, 15) is 5.11 Å². The van der Waals surface area contributed by atoms with Crippen molar-refractivity contribution in [1.29, 1.82) is 0 Å². The van der Waals surface area contributed by atoms with Gasteiger partial charge in [-0.25, -0.2) is 0 Å². The van der Waals surface area contributed by atoms with Gasteiger partial charge in [0, 0.05) is 0 Å². The Bertz CT molecular complexity index is 184. The molecule has 2 N–H and O–H groups in total. The van der Waals surface area contributed by atoms with E-state index < -0.39 is 0 Å². The third-order valence-corrected chi connectivity index (χ3v) is 4.52. The summed E-state index contributed by atoms with van der Waals surface area (Å²) in [5.41, 5.74) is 0. The standard InChI is InChI=1S/C14H28N2O/c1-16-8-6-13(7-9-16)11-15-10-12-2-4-14(17)5-3-12/h12-15,17H,2-11H2,1H3. The molecule has 1 aliphatic heterocycles. The first-order valence-corrected chi connectivity index (χ1v) is 7.31. The Morgan fingerprint density at radius 1 is 0.941 bits per heavy atom. The quantitative estimate of drug-likeness (QED) is 0.781. The lowest BCUT2D eigenvalue weighted by molar-refractivity contribution is 0.107. The third-order valence-electron chi connectivity index (χ3n) is 4.52. The summed E-state index contributed by atoms with van der Waals surface area (Å²) >= 11 is 0. The fourth-order valence-corrected chi connectivity index (χ4v) is 3.11. The molecule has 100 valence electrons. The van der Waals surface area contributed by atoms with Crippen molar-refractivity contribution < 1.29 is 5.11 Å². The first kappa shape index (κ1) is 13.3. The molecular weight excluding hydrogens is 212 g/mol. The predicted octanol–water partition coefficient (Wildman–Crippen LogP) is 1.47. The molecule has 17 heavy (non-hydrogen) atoms. The molecular formula is C14H28N2O. The molecule has 1 heterocycles. The summed E-state index contributed by atoms with van der Waals surface area (Å²) in [7, 11) is 2.22. The van der Waals surface area contributed by atoms with Crippen molar-refractivity contribution >= 4 is 0 Å². The van der Waals surface area contributed by atoms with Crippen molar-refractivity contribution in [3.05, 3.63) is 0 Å². The molecule has 1 saturated carbocycles. The summed E-state index contributed by atoms with van der Waals surface area (Å²) < 4.78 is 0. The molecule has 0 spiro atoms. The smallest absolute Gasteiger partial charge is 0.0540 e. The molecule has 1 saturated heterocycles. The number of hydrogen-bond acceptors (Lipinski definition) is 3. The van der Waals surface area contributed by atoms with Crippen LogP contribution in [0.25, 0.3) is 0 Å². The van der Waals surface area contributed by atoms with E-state index in [4.69, 9.17) is 0 Å². The molecule has 0 bridgehead atoms. The molecule has 0 aromatic carbocycles. The van der Waals surface area contributed by atoms with E-state index in [2.05, 4.69) is 17.3 Å². The van der Waals surface area contributed by atoms with Gasteiger partial charge >= 0.3 is 0 Å². The number of hydrogen-bond donors (Lipinski definition) is 2. The highest BCUT2D eigenvalue weighted by atomic mass is 16.3. The molecule has 0 aromatic heterocycles. The highest BCUT2D eigenvalue weighted by Gasteiger charge is 2.20. The van der Waals surface area contributed by atoms with Crippen molar-refractivity contribution in [2.24, 2.45) is 11.8 Å². The van der Waals surface area contributed by atoms with Crippen molar-refractivity contribution in [3.8, 4) is 0 Å². The van der Waals surface area contributed by atoms with Crippen LogP contribution in [0.3, 0.4) is 0 Å². The molecule has 2 rings (SSSR count). The van der Waals surface area contributed by atoms with Crippen molar-refractivity contribution in [3.63, 3.8) is 0 Å². The van der Waals surface area contributed by atoms with Crippen LogP contribution in [0.5, 0.6) is 0 Å². The first-order chi connectivity index (χ1) is 8.24. The van der Waals surface area contributed by atoms with Crippen molar-refractivity contribution in [2.75, 3.05) is 33.2 Å². The Kier molecular flexibility index (Phi) is 5.26. The van der Waals surface area contributed by atoms with Crippen LogP contribution in [-0.2, 0) is 0 Å². The number of rotatable bonds is 4. The van der Waals surface area contributed by atoms with E-state index in [0.717, 1.165) is 24.7 Å². The van der Waals surface area contributed by atoms with E-state index in [-0.39, 0.29) is 6.10 Å². The van der Waals surface area contributed by atoms with Crippen LogP contribution >= 0.6 is 0 Å². The number of likely N-dealkylation sites (tertiary alicyclic amines) is 1. The molecule has 0 atom stereocenters. The Morgan fingerprint density at radius 3 is 2.06 bits per heavy atom. The van der Waals surface area contributed by atoms with Gasteiger partial charge in [-0.1, -0.05) is 0 Å². The Balaban J connectivity index is 1.54. The second-order valence-electron chi connectivity index (χ2n) is 6.08. The zero-order valence-electron chi connectivity index (χ0n) is 11.2. The van der Waals surface area contributed by atoms with E-state index in [1.807, 2.05) is 0 Å². The minimum atomic E-state index is -0.0138. The van der Waals surface area contributed by atoms with Crippen LogP contribution in [0.15, 0.2) is 0 Å². The van der Waals surface area contributed by atoms with Crippen molar-refractivity contribution in [2.45, 2.75) is 44.6 Å². The minimum Gasteiger partial charge on any atom is -0.393 e. The lowest BCUT2D eigenvalue weighted by Crippen LogP contribution is -2.36. The van der Waals surface area contributed by atoms with Gasteiger partial charge < -0.3 is 15.3 Å². The molecule has 3 heteroatoms. The lowest BCUT2D eigenvalue weighted by atomic mass is 9.87. The highest BCUT2D eigenvalue weighted by molar-refractivity contribution is 4.75. The Morgan fingerprint density at radius 2 is 1.47 bits per heavy atom. The van der Waals surface area contributed by atoms with Gasteiger partial charge in [-0.3, -0.25) is 0 Å². The molecule has 0 unspecified atom stereocenters. The van der Waals surface area contributed by atoms with Crippen LogP contribution in [0.1, 0.15) is 38.5 Å². The average molecular weight is 240 g/mol. The largest absolute Gasteiger partial charge is 0.393 e. The van der Waals surface area contributed by atoms with Gasteiger partial charge in [0.1, 0.15) is 0 Å². The average Bonchev–Trinajstić information content (AvgIpc) is 2.34. The summed E-state index contributed by atoms with van der Waals surface area (Å²) in [6.07, 6.45) is 7.14. The van der Waals surface area contributed by atoms with Gasteiger partial charge in [-0.05, 0) is 83.6 Å². The number of nitrogens with one attached hydrogen (secondary N) is 1. The highest BCUT2D eigenvalue weighted by Crippen LogP contribution is 2.23. The van der Waals surface area contributed by atoms with E-state index in [0.29, 0.717) is 0 Å². The monoisotopic (exact) mass is 240 g/mol. The predicted molar refractivity (Wildman–Crippen MR) is 71.1 cm³/mol. The summed E-state index contributed by atoms with van der Waals surface area (Å²) in [4.78, 5) is 2.43. The van der Waals surface area contributed by atoms with Gasteiger partial charge in [0.25, 0.3) is 0 Å². The number of piperidine rings is 1. The second-order valence-corrected chi connectivity index (χ2v) is 6.08. The van der Waals surface area contributed by atoms with Crippen LogP contribution in [0, 0.1) is 11.8 Å². The van der Waals surface area contributed by atoms with Crippen molar-refractivity contribution in [1.82, 2.24) is 10.2 Å². The molecule has 2 fully saturated rings. The van der Waals surface area contributed by atoms with Gasteiger partial charge in [0.2, 0.25) is 0 Å². The number of aliphatic hydroxyl groups is 1. The van der Waals surface area contributed by atoms with Crippen LogP contribution in [0.2, 0.25) is 0 Å². The summed E-state index contributed by atoms with van der Waals surface area (Å²) in [6.45, 7) is 4.90. The number of aliphatic hydroxyl groups excluding tert-OH is 1. The molecule has 0 amide bonds. The summed E-state index contributed by atoms with van der Waals surface area (Å²) in [5.74, 6) is 1.70. The first-order valence-electron chi connectivity index (χ1n) is 7.31. The molecule has 2 aliphatic rings. The maximum absolute atomic E-state index is 9.46. The topological polar surface area (TPSA) is 35.5 Å². The van der Waals surface area contributed by atoms with Crippen LogP contribution in [0.4, 0.5) is 0 Å². The van der Waals surface area contributed by atoms with Crippen LogP contribution < -0.4 is 5.32 Å². The summed E-state index contributed by atoms with van der Waals surface area (Å²) in [5, 5.41) is 13.1. The fraction of sp³-hybridized carbons (Fsp3) is 1.00. The molecule has 0 radical (unpaired) electrons. The molecule has 3 nitrogen and oxygen atoms in total. The zero-order chi connectivity index (χ0) is 12.1. The minimum absolute atomic E-state index is 0.0138. The van der Waals surface area contributed by atoms with Gasteiger partial charge in [0.05, 0.1) is 6.10 Å². The van der Waals surface area contributed by atoms with E-state index >= 15 is 0 Å². The van der Waals surface area contributed by atoms with Gasteiger partial charge in [0.15, 0.2) is 0 Å². The van der Waals surface area contributed by atoms with Gasteiger partial charge in [-0.2, -0.15) is 0 Å². The third kappa shape index (κ3) is 4.57. The normalized spacial score (nSPS) is 32.8. The molecule has 0 aromatic rings. The van der Waals surface area contributed by atoms with Crippen LogP contribution in [-0.4, -0.2) is 49.3 Å². The second kappa shape index (κ2) is 6.72. The van der Waals surface area contributed by atoms with E-state index in [1.54, 1.807) is 0 Å². The molecule has 1 aliphatic carbocycles. The lowest BCUT2D eigenvalue weighted by Gasteiger charge is -2.30. The maximum Gasteiger partial charge on any atom is 0.0540 e. The Hall–Kier alpha value is -0.120. The zero-order valence-corrected chi connectivity index (χ0v) is 11.2. The maximum atomic E-state index is 9.46. The SMILES string of the molecule is CN1CCC(CNCC2CCC(O)CC2)CC1. The number of nitrogens with zero attached hydrogens (tertiary/aromatic N) is 1. The van der Waals surface area contributed by atoms with E-state index in [1.165, 1.54) is 51.9 Å². The summed E-state index contributed by atoms with van der Waals surface area (Å²) in [6, 6.07) is 0. The Labute approximate surface area is 106 Å². The fourth-order valence-electron chi connectivity index (χ4n) is 3.11.